The summed E-state index contributed by atoms with van der Waals surface area (Å²) in [5, 5.41) is 0.0348. The number of hydrogen-bond donors (Lipinski definition) is 1. The summed E-state index contributed by atoms with van der Waals surface area (Å²) in [6, 6.07) is 0. The van der Waals surface area contributed by atoms with E-state index in [9.17, 15) is 4.39 Å². The minimum absolute atomic E-state index is 0.0111. The van der Waals surface area contributed by atoms with Crippen molar-refractivity contribution in [2.75, 3.05) is 5.73 Å². The molecule has 7 nitrogen and oxygen atoms in total. The van der Waals surface area contributed by atoms with E-state index in [4.69, 9.17) is 21.3 Å². The molecule has 2 aromatic heterocycles. The van der Waals surface area contributed by atoms with Gasteiger partial charge < -0.3 is 14.9 Å². The molecule has 3 rings (SSSR count). The van der Waals surface area contributed by atoms with E-state index < -0.39 is 26.2 Å². The van der Waals surface area contributed by atoms with Crippen LogP contribution in [0.4, 0.5) is 10.2 Å². The molecular formula is C18H26FN5O2Si. The van der Waals surface area contributed by atoms with Gasteiger partial charge in [0.25, 0.3) is 0 Å². The van der Waals surface area contributed by atoms with Gasteiger partial charge in [0.2, 0.25) is 0 Å². The number of anilines is 1. The summed E-state index contributed by atoms with van der Waals surface area (Å²) in [7, 11) is -2.07. The highest BCUT2D eigenvalue weighted by molar-refractivity contribution is 6.74. The van der Waals surface area contributed by atoms with Crippen LogP contribution in [-0.2, 0) is 9.16 Å². The molecule has 0 radical (unpaired) electrons. The molecule has 1 aliphatic heterocycles. The van der Waals surface area contributed by atoms with Gasteiger partial charge in [-0.2, -0.15) is 14.4 Å². The number of imidazole rings is 1. The van der Waals surface area contributed by atoms with Crippen LogP contribution in [-0.4, -0.2) is 39.5 Å². The Labute approximate surface area is 159 Å². The van der Waals surface area contributed by atoms with Crippen LogP contribution < -0.4 is 5.73 Å². The minimum atomic E-state index is -2.07. The van der Waals surface area contributed by atoms with Crippen molar-refractivity contribution in [2.24, 2.45) is 0 Å². The molecule has 9 heteroatoms. The number of rotatable bonds is 3. The Morgan fingerprint density at radius 1 is 1.44 bits per heavy atom. The maximum atomic E-state index is 13.7. The Kier molecular flexibility index (Phi) is 4.57. The van der Waals surface area contributed by atoms with E-state index in [0.29, 0.717) is 11.9 Å². The Morgan fingerprint density at radius 3 is 2.70 bits per heavy atom. The molecule has 1 saturated heterocycles. The fourth-order valence-corrected chi connectivity index (χ4v) is 4.31. The summed E-state index contributed by atoms with van der Waals surface area (Å²) in [5.74, 6) is 2.73. The van der Waals surface area contributed by atoms with Gasteiger partial charge in [-0.25, -0.2) is 4.98 Å². The zero-order valence-corrected chi connectivity index (χ0v) is 17.6. The summed E-state index contributed by atoms with van der Waals surface area (Å²) < 4.78 is 28.0. The van der Waals surface area contributed by atoms with E-state index in [2.05, 4.69) is 54.7 Å². The zero-order chi connectivity index (χ0) is 20.2. The van der Waals surface area contributed by atoms with Crippen LogP contribution in [0.3, 0.4) is 0 Å². The molecule has 0 aliphatic carbocycles. The molecule has 3 heterocycles. The van der Waals surface area contributed by atoms with Gasteiger partial charge in [0.1, 0.15) is 6.23 Å². The average Bonchev–Trinajstić information content (AvgIpc) is 3.08. The highest BCUT2D eigenvalue weighted by atomic mass is 28.4. The monoisotopic (exact) mass is 391 g/mol. The Hall–Kier alpha value is -2.02. The second kappa shape index (κ2) is 6.26. The fourth-order valence-electron chi connectivity index (χ4n) is 2.93. The van der Waals surface area contributed by atoms with Gasteiger partial charge in [0.15, 0.2) is 30.9 Å². The molecule has 1 aliphatic rings. The van der Waals surface area contributed by atoms with Crippen LogP contribution >= 0.6 is 0 Å². The molecule has 146 valence electrons. The molecule has 1 fully saturated rings. The molecule has 0 unspecified atom stereocenters. The third-order valence-electron chi connectivity index (χ3n) is 5.67. The first-order chi connectivity index (χ1) is 12.4. The lowest BCUT2D eigenvalue weighted by atomic mass is 10.0. The third-order valence-corrected chi connectivity index (χ3v) is 10.2. The number of terminal acetylenes is 1. The van der Waals surface area contributed by atoms with Crippen LogP contribution in [0, 0.1) is 18.4 Å². The molecule has 0 aromatic carbocycles. The average molecular weight is 392 g/mol. The predicted molar refractivity (Wildman–Crippen MR) is 104 cm³/mol. The molecule has 3 atom stereocenters. The first-order valence-electron chi connectivity index (χ1n) is 8.87. The van der Waals surface area contributed by atoms with Gasteiger partial charge in [-0.15, -0.1) is 6.42 Å². The Morgan fingerprint density at radius 2 is 2.11 bits per heavy atom. The number of aromatic nitrogens is 4. The maximum absolute atomic E-state index is 13.7. The van der Waals surface area contributed by atoms with E-state index in [-0.39, 0.29) is 22.6 Å². The van der Waals surface area contributed by atoms with Gasteiger partial charge in [-0.1, -0.05) is 26.7 Å². The van der Waals surface area contributed by atoms with Crippen molar-refractivity contribution in [3.63, 3.8) is 0 Å². The van der Waals surface area contributed by atoms with E-state index in [1.54, 1.807) is 4.57 Å². The fraction of sp³-hybridized carbons (Fsp3) is 0.611. The molecular weight excluding hydrogens is 365 g/mol. The normalized spacial score (nSPS) is 26.4. The zero-order valence-electron chi connectivity index (χ0n) is 16.6. The van der Waals surface area contributed by atoms with Crippen molar-refractivity contribution < 1.29 is 13.6 Å². The Bertz CT molecular complexity index is 917. The van der Waals surface area contributed by atoms with Crippen LogP contribution in [0.25, 0.3) is 11.2 Å². The SMILES string of the molecule is C#C[C@@]1(C)O[C@@H](n2cnc3c(N)nc(F)nc32)C[C@@H]1O[Si](C)(C)C(C)(C)C. The number of nitrogens with two attached hydrogens (primary N) is 1. The number of fused-ring (bicyclic) bond motifs is 1. The molecule has 0 saturated carbocycles. The number of nitrogens with zero attached hydrogens (tertiary/aromatic N) is 4. The molecule has 27 heavy (non-hydrogen) atoms. The van der Waals surface area contributed by atoms with Gasteiger partial charge in [0, 0.05) is 6.42 Å². The van der Waals surface area contributed by atoms with E-state index in [0.717, 1.165) is 0 Å². The van der Waals surface area contributed by atoms with Crippen molar-refractivity contribution in [3.8, 4) is 12.3 Å². The standard InChI is InChI=1S/C18H26FN5O2Si/c1-8-18(5)11(26-27(6,7)17(2,3)4)9-12(25-18)24-10-21-13-14(20)22-16(19)23-15(13)24/h1,10-12H,9H2,2-7H3,(H2,20,22,23)/t11-,12+,18+/m0/s1. The van der Waals surface area contributed by atoms with E-state index in [1.165, 1.54) is 6.33 Å². The van der Waals surface area contributed by atoms with Gasteiger partial charge >= 0.3 is 6.08 Å². The van der Waals surface area contributed by atoms with Crippen LogP contribution in [0.1, 0.15) is 40.3 Å². The topological polar surface area (TPSA) is 88.1 Å². The summed E-state index contributed by atoms with van der Waals surface area (Å²) >= 11 is 0. The second-order valence-electron chi connectivity index (χ2n) is 8.63. The van der Waals surface area contributed by atoms with Crippen LogP contribution in [0.2, 0.25) is 18.1 Å². The lowest BCUT2D eigenvalue weighted by Gasteiger charge is -2.40. The van der Waals surface area contributed by atoms with Crippen molar-refractivity contribution in [2.45, 2.75) is 70.2 Å². The number of hydrogen-bond acceptors (Lipinski definition) is 6. The number of ether oxygens (including phenoxy) is 1. The summed E-state index contributed by atoms with van der Waals surface area (Å²) in [5.41, 5.74) is 5.44. The number of halogens is 1. The van der Waals surface area contributed by atoms with Crippen LogP contribution in [0.5, 0.6) is 0 Å². The van der Waals surface area contributed by atoms with Crippen molar-refractivity contribution in [3.05, 3.63) is 12.4 Å². The summed E-state index contributed by atoms with van der Waals surface area (Å²) in [4.78, 5) is 11.5. The van der Waals surface area contributed by atoms with Gasteiger partial charge in [-0.3, -0.25) is 4.57 Å². The summed E-state index contributed by atoms with van der Waals surface area (Å²) in [6.07, 6.45) is 6.12. The molecule has 0 amide bonds. The highest BCUT2D eigenvalue weighted by Gasteiger charge is 2.50. The molecule has 2 aromatic rings. The highest BCUT2D eigenvalue weighted by Crippen LogP contribution is 2.44. The van der Waals surface area contributed by atoms with Gasteiger partial charge in [0.05, 0.1) is 12.4 Å². The third kappa shape index (κ3) is 3.33. The van der Waals surface area contributed by atoms with E-state index >= 15 is 0 Å². The lowest BCUT2D eigenvalue weighted by Crippen LogP contribution is -2.49. The quantitative estimate of drug-likeness (QED) is 0.491. The first-order valence-corrected chi connectivity index (χ1v) is 11.8. The van der Waals surface area contributed by atoms with Crippen molar-refractivity contribution in [1.82, 2.24) is 19.5 Å². The predicted octanol–water partition coefficient (Wildman–Crippen LogP) is 3.25. The van der Waals surface area contributed by atoms with Gasteiger partial charge in [-0.05, 0) is 25.1 Å². The number of nitrogen functional groups attached to an aromatic ring is 1. The molecule has 2 N–H and O–H groups in total. The molecule has 0 bridgehead atoms. The molecule has 0 spiro atoms. The smallest absolute Gasteiger partial charge is 0.312 e. The second-order valence-corrected chi connectivity index (χ2v) is 13.4. The van der Waals surface area contributed by atoms with Crippen molar-refractivity contribution >= 4 is 25.3 Å². The van der Waals surface area contributed by atoms with Crippen molar-refractivity contribution in [1.29, 1.82) is 0 Å². The Balaban J connectivity index is 1.96. The lowest BCUT2D eigenvalue weighted by molar-refractivity contribution is -0.0488. The summed E-state index contributed by atoms with van der Waals surface area (Å²) in [6.45, 7) is 12.7. The first kappa shape index (κ1) is 19.7. The van der Waals surface area contributed by atoms with Crippen LogP contribution in [0.15, 0.2) is 6.33 Å². The van der Waals surface area contributed by atoms with E-state index in [1.807, 2.05) is 6.92 Å². The minimum Gasteiger partial charge on any atom is -0.410 e. The largest absolute Gasteiger partial charge is 0.410 e. The maximum Gasteiger partial charge on any atom is 0.312 e.